The van der Waals surface area contributed by atoms with Crippen molar-refractivity contribution in [1.29, 1.82) is 0 Å². The maximum absolute atomic E-state index is 13.3. The number of rotatable bonds is 8. The Labute approximate surface area is 229 Å². The summed E-state index contributed by atoms with van der Waals surface area (Å²) in [4.78, 5) is 2.10. The Morgan fingerprint density at radius 1 is 0.944 bits per heavy atom. The second-order valence-corrected chi connectivity index (χ2v) is 13.6. The smallest absolute Gasteiger partial charge is 0.367 e. The zero-order valence-electron chi connectivity index (χ0n) is 18.9. The summed E-state index contributed by atoms with van der Waals surface area (Å²) in [5.74, 6) is 0. The third kappa shape index (κ3) is 6.58. The predicted octanol–water partition coefficient (Wildman–Crippen LogP) is 6.40. The van der Waals surface area contributed by atoms with Gasteiger partial charge in [0, 0.05) is 37.2 Å². The lowest BCUT2D eigenvalue weighted by Crippen LogP contribution is -2.49. The van der Waals surface area contributed by atoms with Crippen molar-refractivity contribution in [3.63, 3.8) is 0 Å². The molecule has 0 saturated carbocycles. The number of halogens is 5. The van der Waals surface area contributed by atoms with E-state index in [0.717, 1.165) is 21.5 Å². The van der Waals surface area contributed by atoms with Gasteiger partial charge in [-0.1, -0.05) is 42.5 Å². The summed E-state index contributed by atoms with van der Waals surface area (Å²) in [6.45, 7) is 2.60. The number of sulfonamides is 1. The van der Waals surface area contributed by atoms with Crippen LogP contribution >= 0.6 is 43.2 Å². The summed E-state index contributed by atoms with van der Waals surface area (Å²) >= 11 is 7.84. The Balaban J connectivity index is 1.38. The van der Waals surface area contributed by atoms with Gasteiger partial charge in [0.05, 0.1) is 16.0 Å². The molecular weight excluding hydrogens is 645 g/mol. The van der Waals surface area contributed by atoms with Crippen LogP contribution in [0.15, 0.2) is 73.1 Å². The molecule has 0 unspecified atom stereocenters. The summed E-state index contributed by atoms with van der Waals surface area (Å²) in [6, 6.07) is 15.9. The first kappa shape index (κ1) is 27.7. The molecule has 194 valence electrons. The number of piperazine rings is 1. The van der Waals surface area contributed by atoms with Gasteiger partial charge in [-0.25, -0.2) is 8.42 Å². The molecule has 36 heavy (non-hydrogen) atoms. The minimum Gasteiger partial charge on any atom is -0.367 e. The van der Waals surface area contributed by atoms with Crippen molar-refractivity contribution in [3.8, 4) is 0 Å². The maximum Gasteiger partial charge on any atom is 0.416 e. The normalized spacial score (nSPS) is 16.8. The first-order valence-corrected chi connectivity index (χ1v) is 14.9. The Hall–Kier alpha value is -1.28. The van der Waals surface area contributed by atoms with Crippen molar-refractivity contribution in [2.75, 3.05) is 39.3 Å². The van der Waals surface area contributed by atoms with Gasteiger partial charge >= 0.3 is 6.18 Å². The molecule has 0 amide bonds. The predicted molar refractivity (Wildman–Crippen MR) is 141 cm³/mol. The summed E-state index contributed by atoms with van der Waals surface area (Å²) < 4.78 is 75.0. The molecule has 0 N–H and O–H groups in total. The monoisotopic (exact) mass is 666 g/mol. The molecule has 2 heterocycles. The lowest BCUT2D eigenvalue weighted by molar-refractivity contribution is -0.137. The van der Waals surface area contributed by atoms with E-state index in [2.05, 4.69) is 36.8 Å². The molecule has 0 radical (unpaired) electrons. The quantitative estimate of drug-likeness (QED) is 0.279. The van der Waals surface area contributed by atoms with Gasteiger partial charge in [-0.15, -0.1) is 11.3 Å². The van der Waals surface area contributed by atoms with Crippen LogP contribution < -0.4 is 0 Å². The van der Waals surface area contributed by atoms with Crippen LogP contribution in [-0.2, 0) is 20.9 Å². The van der Waals surface area contributed by atoms with E-state index in [1.807, 2.05) is 30.3 Å². The molecule has 4 rings (SSSR count). The molecule has 1 saturated heterocycles. The molecule has 1 aliphatic heterocycles. The standard InChI is InChI=1S/C24H23Br2F3N2O3S2/c25-20-16-21(35-23(20)26)36(32,33)31-11-9-30(10-12-31)13-14-34-22(17-5-2-1-3-6-17)18-7-4-8-19(15-18)24(27,28)29/h1-8,15-16,22H,9-14H2/t22-/m0/s1. The first-order chi connectivity index (χ1) is 17.1. The van der Waals surface area contributed by atoms with Crippen LogP contribution in [0.5, 0.6) is 0 Å². The van der Waals surface area contributed by atoms with Crippen molar-refractivity contribution in [2.45, 2.75) is 16.5 Å². The summed E-state index contributed by atoms with van der Waals surface area (Å²) in [6.07, 6.45) is -5.09. The number of alkyl halides is 3. The third-order valence-electron chi connectivity index (χ3n) is 5.86. The van der Waals surface area contributed by atoms with Crippen molar-refractivity contribution in [2.24, 2.45) is 0 Å². The number of nitrogens with zero attached hydrogens (tertiary/aromatic N) is 2. The molecule has 3 aromatic rings. The highest BCUT2D eigenvalue weighted by atomic mass is 79.9. The van der Waals surface area contributed by atoms with E-state index >= 15 is 0 Å². The summed E-state index contributed by atoms with van der Waals surface area (Å²) in [5.41, 5.74) is 0.480. The molecule has 0 bridgehead atoms. The molecule has 5 nitrogen and oxygen atoms in total. The molecular formula is C24H23Br2F3N2O3S2. The second kappa shape index (κ2) is 11.6. The number of hydrogen-bond donors (Lipinski definition) is 0. The molecule has 12 heteroatoms. The van der Waals surface area contributed by atoms with Crippen LogP contribution in [0.4, 0.5) is 13.2 Å². The van der Waals surface area contributed by atoms with Gasteiger partial charge in [-0.3, -0.25) is 4.90 Å². The van der Waals surface area contributed by atoms with Crippen molar-refractivity contribution < 1.29 is 26.3 Å². The lowest BCUT2D eigenvalue weighted by atomic mass is 9.99. The first-order valence-electron chi connectivity index (χ1n) is 11.1. The number of thiophene rings is 1. The van der Waals surface area contributed by atoms with Gasteiger partial charge in [0.1, 0.15) is 10.3 Å². The minimum atomic E-state index is -4.44. The van der Waals surface area contributed by atoms with Crippen LogP contribution in [0, 0.1) is 0 Å². The highest BCUT2D eigenvalue weighted by Gasteiger charge is 2.32. The average molecular weight is 668 g/mol. The number of hydrogen-bond acceptors (Lipinski definition) is 5. The Bertz CT molecular complexity index is 1260. The molecule has 1 atom stereocenters. The van der Waals surface area contributed by atoms with E-state index in [4.69, 9.17) is 4.74 Å². The van der Waals surface area contributed by atoms with Crippen LogP contribution in [0.25, 0.3) is 0 Å². The summed E-state index contributed by atoms with van der Waals surface area (Å²) in [7, 11) is -3.57. The molecule has 2 aromatic carbocycles. The molecule has 1 aromatic heterocycles. The molecule has 1 aliphatic rings. The fourth-order valence-electron chi connectivity index (χ4n) is 3.97. The SMILES string of the molecule is O=S(=O)(c1cc(Br)c(Br)s1)N1CCN(CCO[C@@H](c2ccccc2)c2cccc(C(F)(F)F)c2)CC1. The summed E-state index contributed by atoms with van der Waals surface area (Å²) in [5, 5.41) is 0. The van der Waals surface area contributed by atoms with Crippen molar-refractivity contribution in [3.05, 3.63) is 85.6 Å². The second-order valence-electron chi connectivity index (χ2n) is 8.22. The van der Waals surface area contributed by atoms with Crippen molar-refractivity contribution in [1.82, 2.24) is 9.21 Å². The molecule has 0 spiro atoms. The number of ether oxygens (including phenoxy) is 1. The van der Waals surface area contributed by atoms with E-state index in [1.165, 1.54) is 21.7 Å². The van der Waals surface area contributed by atoms with Crippen LogP contribution in [0.1, 0.15) is 22.8 Å². The van der Waals surface area contributed by atoms with E-state index in [-0.39, 0.29) is 10.8 Å². The third-order valence-corrected chi connectivity index (χ3v) is 11.5. The Morgan fingerprint density at radius 3 is 2.22 bits per heavy atom. The van der Waals surface area contributed by atoms with Crippen molar-refractivity contribution >= 4 is 53.2 Å². The Kier molecular flexibility index (Phi) is 8.96. The minimum absolute atomic E-state index is 0.282. The van der Waals surface area contributed by atoms with E-state index in [1.54, 1.807) is 12.1 Å². The maximum atomic E-state index is 13.3. The largest absolute Gasteiger partial charge is 0.416 e. The van der Waals surface area contributed by atoms with Gasteiger partial charge in [0.2, 0.25) is 0 Å². The highest BCUT2D eigenvalue weighted by Crippen LogP contribution is 2.36. The van der Waals surface area contributed by atoms with Gasteiger partial charge in [0.15, 0.2) is 0 Å². The van der Waals surface area contributed by atoms with E-state index in [9.17, 15) is 21.6 Å². The topological polar surface area (TPSA) is 49.9 Å². The van der Waals surface area contributed by atoms with Gasteiger partial charge in [-0.2, -0.15) is 17.5 Å². The van der Waals surface area contributed by atoms with Gasteiger partial charge < -0.3 is 4.74 Å². The molecule has 0 aliphatic carbocycles. The lowest BCUT2D eigenvalue weighted by Gasteiger charge is -2.34. The van der Waals surface area contributed by atoms with Crippen LogP contribution in [-0.4, -0.2) is 57.0 Å². The fraction of sp³-hybridized carbons (Fsp3) is 0.333. The fourth-order valence-corrected chi connectivity index (χ4v) is 8.36. The van der Waals surface area contributed by atoms with Gasteiger partial charge in [0.25, 0.3) is 10.0 Å². The van der Waals surface area contributed by atoms with Crippen LogP contribution in [0.2, 0.25) is 0 Å². The average Bonchev–Trinajstić information content (AvgIpc) is 3.21. The van der Waals surface area contributed by atoms with E-state index < -0.39 is 27.9 Å². The van der Waals surface area contributed by atoms with E-state index in [0.29, 0.717) is 42.8 Å². The van der Waals surface area contributed by atoms with Gasteiger partial charge in [-0.05, 0) is 61.2 Å². The zero-order valence-corrected chi connectivity index (χ0v) is 23.7. The number of benzene rings is 2. The highest BCUT2D eigenvalue weighted by molar-refractivity contribution is 9.13. The molecule has 1 fully saturated rings. The Morgan fingerprint density at radius 2 is 1.61 bits per heavy atom. The van der Waals surface area contributed by atoms with Crippen LogP contribution in [0.3, 0.4) is 0 Å². The zero-order chi connectivity index (χ0) is 25.9.